The molecule has 0 bridgehead atoms. The predicted molar refractivity (Wildman–Crippen MR) is 49.4 cm³/mol. The van der Waals surface area contributed by atoms with Gasteiger partial charge in [-0.1, -0.05) is 18.2 Å². The number of hydrazine groups is 1. The lowest BCUT2D eigenvalue weighted by Crippen LogP contribution is -2.06. The summed E-state index contributed by atoms with van der Waals surface area (Å²) in [6, 6.07) is 7.44. The maximum absolute atomic E-state index is 10.0. The summed E-state index contributed by atoms with van der Waals surface area (Å²) in [5.74, 6) is 5.20. The van der Waals surface area contributed by atoms with E-state index < -0.39 is 0 Å². The van der Waals surface area contributed by atoms with Crippen molar-refractivity contribution in [2.45, 2.75) is 0 Å². The van der Waals surface area contributed by atoms with Crippen LogP contribution in [-0.4, -0.2) is 6.29 Å². The first kappa shape index (κ1) is 8.49. The van der Waals surface area contributed by atoms with Gasteiger partial charge < -0.3 is 5.43 Å². The third kappa shape index (κ3) is 2.21. The molecule has 3 nitrogen and oxygen atoms in total. The number of nitrogens with one attached hydrogen (secondary N) is 1. The Labute approximate surface area is 70.9 Å². The molecule has 0 aliphatic rings. The van der Waals surface area contributed by atoms with E-state index in [1.165, 1.54) is 6.08 Å². The first-order chi connectivity index (χ1) is 5.86. The summed E-state index contributed by atoms with van der Waals surface area (Å²) in [4.78, 5) is 10.0. The van der Waals surface area contributed by atoms with Crippen LogP contribution in [0.5, 0.6) is 0 Å². The molecule has 0 unspecified atom stereocenters. The smallest absolute Gasteiger partial charge is 0.142 e. The van der Waals surface area contributed by atoms with Crippen molar-refractivity contribution < 1.29 is 4.79 Å². The van der Waals surface area contributed by atoms with Gasteiger partial charge in [0, 0.05) is 5.69 Å². The van der Waals surface area contributed by atoms with Crippen molar-refractivity contribution in [1.29, 1.82) is 0 Å². The SMILES string of the molecule is NNc1cccc(C=CC=O)c1. The highest BCUT2D eigenvalue weighted by Gasteiger charge is 1.88. The molecule has 62 valence electrons. The average Bonchev–Trinajstić information content (AvgIpc) is 2.15. The summed E-state index contributed by atoms with van der Waals surface area (Å²) in [5.41, 5.74) is 4.29. The molecular formula is C9H10N2O. The van der Waals surface area contributed by atoms with Crippen LogP contribution < -0.4 is 11.3 Å². The molecule has 0 atom stereocenters. The zero-order valence-corrected chi connectivity index (χ0v) is 6.53. The molecular weight excluding hydrogens is 152 g/mol. The Morgan fingerprint density at radius 3 is 2.92 bits per heavy atom. The third-order valence-corrected chi connectivity index (χ3v) is 1.42. The fourth-order valence-corrected chi connectivity index (χ4v) is 0.883. The van der Waals surface area contributed by atoms with E-state index in [2.05, 4.69) is 5.43 Å². The van der Waals surface area contributed by atoms with E-state index >= 15 is 0 Å². The van der Waals surface area contributed by atoms with Gasteiger partial charge in [-0.25, -0.2) is 0 Å². The number of carbonyl (C=O) groups is 1. The van der Waals surface area contributed by atoms with Gasteiger partial charge >= 0.3 is 0 Å². The van der Waals surface area contributed by atoms with Crippen molar-refractivity contribution in [1.82, 2.24) is 0 Å². The van der Waals surface area contributed by atoms with Crippen LogP contribution in [0.2, 0.25) is 0 Å². The van der Waals surface area contributed by atoms with Gasteiger partial charge in [-0.2, -0.15) is 0 Å². The highest BCUT2D eigenvalue weighted by Crippen LogP contribution is 2.09. The first-order valence-electron chi connectivity index (χ1n) is 3.55. The van der Waals surface area contributed by atoms with Crippen molar-refractivity contribution in [3.05, 3.63) is 35.9 Å². The van der Waals surface area contributed by atoms with Gasteiger partial charge in [-0.3, -0.25) is 10.6 Å². The van der Waals surface area contributed by atoms with Gasteiger partial charge in [0.25, 0.3) is 0 Å². The van der Waals surface area contributed by atoms with E-state index in [4.69, 9.17) is 5.84 Å². The zero-order valence-electron chi connectivity index (χ0n) is 6.53. The third-order valence-electron chi connectivity index (χ3n) is 1.42. The summed E-state index contributed by atoms with van der Waals surface area (Å²) in [6.07, 6.45) is 3.89. The molecule has 0 fully saturated rings. The summed E-state index contributed by atoms with van der Waals surface area (Å²) < 4.78 is 0. The fraction of sp³-hybridized carbons (Fsp3) is 0. The van der Waals surface area contributed by atoms with Crippen LogP contribution in [0.3, 0.4) is 0 Å². The lowest BCUT2D eigenvalue weighted by atomic mass is 10.2. The van der Waals surface area contributed by atoms with Gasteiger partial charge in [0.1, 0.15) is 6.29 Å². The van der Waals surface area contributed by atoms with Crippen molar-refractivity contribution in [2.24, 2.45) is 5.84 Å². The number of benzene rings is 1. The van der Waals surface area contributed by atoms with Gasteiger partial charge in [-0.05, 0) is 23.8 Å². The molecule has 0 aromatic heterocycles. The van der Waals surface area contributed by atoms with Crippen molar-refractivity contribution >= 4 is 18.0 Å². The van der Waals surface area contributed by atoms with Crippen LogP contribution in [0.1, 0.15) is 5.56 Å². The summed E-state index contributed by atoms with van der Waals surface area (Å²) in [5, 5.41) is 0. The second-order valence-corrected chi connectivity index (χ2v) is 2.26. The number of nitrogen functional groups attached to an aromatic ring is 1. The first-order valence-corrected chi connectivity index (χ1v) is 3.55. The standard InChI is InChI=1S/C9H10N2O/c10-11-9-5-1-3-8(7-9)4-2-6-12/h1-7,11H,10H2. The topological polar surface area (TPSA) is 55.1 Å². The molecule has 1 aromatic carbocycles. The van der Waals surface area contributed by atoms with Crippen LogP contribution in [0, 0.1) is 0 Å². The Morgan fingerprint density at radius 1 is 1.42 bits per heavy atom. The minimum Gasteiger partial charge on any atom is -0.324 e. The summed E-state index contributed by atoms with van der Waals surface area (Å²) >= 11 is 0. The predicted octanol–water partition coefficient (Wildman–Crippen LogP) is 1.18. The van der Waals surface area contributed by atoms with Gasteiger partial charge in [0.05, 0.1) is 0 Å². The molecule has 0 aliphatic heterocycles. The normalized spacial score (nSPS) is 10.1. The van der Waals surface area contributed by atoms with Gasteiger partial charge in [0.15, 0.2) is 0 Å². The Bertz CT molecular complexity index is 294. The maximum Gasteiger partial charge on any atom is 0.142 e. The molecule has 0 saturated heterocycles. The molecule has 1 aromatic rings. The number of hydrogen-bond acceptors (Lipinski definition) is 3. The quantitative estimate of drug-likeness (QED) is 0.304. The van der Waals surface area contributed by atoms with E-state index in [-0.39, 0.29) is 0 Å². The average molecular weight is 162 g/mol. The highest BCUT2D eigenvalue weighted by molar-refractivity contribution is 5.74. The van der Waals surface area contributed by atoms with Crippen LogP contribution in [0.25, 0.3) is 6.08 Å². The van der Waals surface area contributed by atoms with Crippen LogP contribution in [0.15, 0.2) is 30.3 Å². The summed E-state index contributed by atoms with van der Waals surface area (Å²) in [7, 11) is 0. The Kier molecular flexibility index (Phi) is 3.04. The Morgan fingerprint density at radius 2 is 2.25 bits per heavy atom. The van der Waals surface area contributed by atoms with E-state index in [1.807, 2.05) is 24.3 Å². The number of anilines is 1. The van der Waals surface area contributed by atoms with Crippen LogP contribution in [-0.2, 0) is 4.79 Å². The monoisotopic (exact) mass is 162 g/mol. The number of nitrogens with two attached hydrogens (primary N) is 1. The second-order valence-electron chi connectivity index (χ2n) is 2.26. The number of hydrogen-bond donors (Lipinski definition) is 2. The van der Waals surface area contributed by atoms with Gasteiger partial charge in [-0.15, -0.1) is 0 Å². The van der Waals surface area contributed by atoms with E-state index in [9.17, 15) is 4.79 Å². The summed E-state index contributed by atoms with van der Waals surface area (Å²) in [6.45, 7) is 0. The van der Waals surface area contributed by atoms with E-state index in [0.29, 0.717) is 0 Å². The maximum atomic E-state index is 10.0. The molecule has 0 amide bonds. The van der Waals surface area contributed by atoms with Crippen molar-refractivity contribution in [2.75, 3.05) is 5.43 Å². The van der Waals surface area contributed by atoms with Crippen LogP contribution >= 0.6 is 0 Å². The molecule has 3 heteroatoms. The Balaban J connectivity index is 2.86. The van der Waals surface area contributed by atoms with Gasteiger partial charge in [0.2, 0.25) is 0 Å². The minimum absolute atomic E-state index is 0.739. The molecule has 0 spiro atoms. The van der Waals surface area contributed by atoms with Crippen LogP contribution in [0.4, 0.5) is 5.69 Å². The molecule has 0 heterocycles. The van der Waals surface area contributed by atoms with E-state index in [1.54, 1.807) is 6.08 Å². The number of carbonyl (C=O) groups excluding carboxylic acids is 1. The molecule has 0 aliphatic carbocycles. The number of aldehydes is 1. The molecule has 12 heavy (non-hydrogen) atoms. The lowest BCUT2D eigenvalue weighted by molar-refractivity contribution is -0.104. The molecule has 3 N–H and O–H groups in total. The minimum atomic E-state index is 0.739. The number of allylic oxidation sites excluding steroid dienone is 1. The number of rotatable bonds is 3. The molecule has 1 rings (SSSR count). The van der Waals surface area contributed by atoms with Crippen molar-refractivity contribution in [3.8, 4) is 0 Å². The molecule has 0 saturated carbocycles. The Hall–Kier alpha value is -1.61. The second kappa shape index (κ2) is 4.31. The largest absolute Gasteiger partial charge is 0.324 e. The molecule has 0 radical (unpaired) electrons. The van der Waals surface area contributed by atoms with Crippen molar-refractivity contribution in [3.63, 3.8) is 0 Å². The van der Waals surface area contributed by atoms with E-state index in [0.717, 1.165) is 17.5 Å². The lowest BCUT2D eigenvalue weighted by Gasteiger charge is -1.99. The zero-order chi connectivity index (χ0) is 8.81. The fourth-order valence-electron chi connectivity index (χ4n) is 0.883. The highest BCUT2D eigenvalue weighted by atomic mass is 16.1.